The van der Waals surface area contributed by atoms with E-state index < -0.39 is 15.8 Å². The van der Waals surface area contributed by atoms with Gasteiger partial charge in [-0.3, -0.25) is 14.7 Å². The zero-order chi connectivity index (χ0) is 29.4. The standard InChI is InChI=1S/C31H24N4O6S/c1-3-42(38,39)25-11-12-28-27(16-25)34-31(41-28)26-17-32-35-29(26)21-5-4-6-23(14-21)33-30(37)22-8-7-20-15-24(40-18(2)36)10-9-19(20)13-22/h4-17H,3H2,1-2H3,(H,32,35)(H,33,37). The average Bonchev–Trinajstić information content (AvgIpc) is 3.63. The van der Waals surface area contributed by atoms with Crippen LogP contribution in [0.25, 0.3) is 44.6 Å². The van der Waals surface area contributed by atoms with Crippen LogP contribution in [0.1, 0.15) is 24.2 Å². The predicted octanol–water partition coefficient (Wildman–Crippen LogP) is 6.01. The summed E-state index contributed by atoms with van der Waals surface area (Å²) in [5.74, 6) is 0.0108. The van der Waals surface area contributed by atoms with E-state index in [4.69, 9.17) is 9.15 Å². The third-order valence-electron chi connectivity index (χ3n) is 6.70. The van der Waals surface area contributed by atoms with E-state index in [0.717, 1.165) is 10.8 Å². The van der Waals surface area contributed by atoms with Crippen molar-refractivity contribution in [2.75, 3.05) is 11.1 Å². The molecule has 42 heavy (non-hydrogen) atoms. The number of ether oxygens (including phenoxy) is 1. The Labute approximate surface area is 240 Å². The van der Waals surface area contributed by atoms with E-state index in [9.17, 15) is 18.0 Å². The van der Waals surface area contributed by atoms with Crippen LogP contribution in [0.3, 0.4) is 0 Å². The van der Waals surface area contributed by atoms with Crippen molar-refractivity contribution in [3.8, 4) is 28.5 Å². The minimum Gasteiger partial charge on any atom is -0.436 e. The second kappa shape index (κ2) is 10.6. The Hall–Kier alpha value is -5.29. The highest BCUT2D eigenvalue weighted by atomic mass is 32.2. The summed E-state index contributed by atoms with van der Waals surface area (Å²) in [6, 6.07) is 22.3. The number of oxazole rings is 1. The molecule has 0 radical (unpaired) electrons. The van der Waals surface area contributed by atoms with E-state index in [0.29, 0.717) is 44.9 Å². The van der Waals surface area contributed by atoms with E-state index >= 15 is 0 Å². The number of H-pyrrole nitrogens is 1. The fraction of sp³-hybridized carbons (Fsp3) is 0.0968. The molecule has 0 spiro atoms. The summed E-state index contributed by atoms with van der Waals surface area (Å²) in [5, 5.41) is 11.8. The SMILES string of the molecule is CCS(=O)(=O)c1ccc2oc(-c3c[nH]nc3-c3cccc(NC(=O)c4ccc5cc(OC(C)=O)ccc5c4)c3)nc2c1. The fourth-order valence-corrected chi connectivity index (χ4v) is 5.50. The zero-order valence-corrected chi connectivity index (χ0v) is 23.4. The van der Waals surface area contributed by atoms with Crippen LogP contribution in [0, 0.1) is 0 Å². The summed E-state index contributed by atoms with van der Waals surface area (Å²) in [6.45, 7) is 2.93. The summed E-state index contributed by atoms with van der Waals surface area (Å²) < 4.78 is 35.7. The number of fused-ring (bicyclic) bond motifs is 2. The van der Waals surface area contributed by atoms with Gasteiger partial charge in [0.05, 0.1) is 16.2 Å². The molecule has 6 aromatic rings. The lowest BCUT2D eigenvalue weighted by Crippen LogP contribution is -2.11. The van der Waals surface area contributed by atoms with Gasteiger partial charge in [0.1, 0.15) is 17.0 Å². The van der Waals surface area contributed by atoms with Crippen molar-refractivity contribution >= 4 is 49.3 Å². The Morgan fingerprint density at radius 3 is 2.60 bits per heavy atom. The summed E-state index contributed by atoms with van der Waals surface area (Å²) in [4.78, 5) is 29.0. The molecular weight excluding hydrogens is 556 g/mol. The number of anilines is 1. The van der Waals surface area contributed by atoms with Crippen molar-refractivity contribution in [3.05, 3.63) is 90.6 Å². The second-order valence-corrected chi connectivity index (χ2v) is 11.8. The maximum atomic E-state index is 13.1. The minimum absolute atomic E-state index is 0.0126. The van der Waals surface area contributed by atoms with Gasteiger partial charge >= 0.3 is 5.97 Å². The van der Waals surface area contributed by atoms with Gasteiger partial charge in [-0.1, -0.05) is 31.2 Å². The van der Waals surface area contributed by atoms with Gasteiger partial charge in [-0.15, -0.1) is 0 Å². The van der Waals surface area contributed by atoms with Crippen molar-refractivity contribution in [1.82, 2.24) is 15.2 Å². The molecule has 0 aliphatic heterocycles. The fourth-order valence-electron chi connectivity index (χ4n) is 4.60. The van der Waals surface area contributed by atoms with Crippen LogP contribution >= 0.6 is 0 Å². The molecule has 4 aromatic carbocycles. The molecule has 0 fully saturated rings. The number of aromatic nitrogens is 3. The summed E-state index contributed by atoms with van der Waals surface area (Å²) in [6.07, 6.45) is 1.65. The number of benzene rings is 4. The number of aromatic amines is 1. The lowest BCUT2D eigenvalue weighted by molar-refractivity contribution is -0.131. The molecule has 6 rings (SSSR count). The van der Waals surface area contributed by atoms with E-state index in [1.54, 1.807) is 73.8 Å². The molecule has 1 amide bonds. The third kappa shape index (κ3) is 5.25. The number of carbonyl (C=O) groups excluding carboxylic acids is 2. The number of amides is 1. The maximum Gasteiger partial charge on any atom is 0.308 e. The summed E-state index contributed by atoms with van der Waals surface area (Å²) >= 11 is 0. The van der Waals surface area contributed by atoms with Crippen molar-refractivity contribution in [3.63, 3.8) is 0 Å². The number of esters is 1. The molecule has 2 heterocycles. The lowest BCUT2D eigenvalue weighted by Gasteiger charge is -2.09. The van der Waals surface area contributed by atoms with Gasteiger partial charge < -0.3 is 14.5 Å². The predicted molar refractivity (Wildman–Crippen MR) is 158 cm³/mol. The number of hydrogen-bond acceptors (Lipinski definition) is 8. The number of rotatable bonds is 7. The number of sulfone groups is 1. The molecule has 0 aliphatic rings. The van der Waals surface area contributed by atoms with Crippen LogP contribution in [0.5, 0.6) is 5.75 Å². The average molecular weight is 581 g/mol. The van der Waals surface area contributed by atoms with E-state index in [-0.39, 0.29) is 22.4 Å². The Bertz CT molecular complexity index is 2110. The molecule has 10 nitrogen and oxygen atoms in total. The topological polar surface area (TPSA) is 144 Å². The van der Waals surface area contributed by atoms with Crippen LogP contribution in [0.4, 0.5) is 5.69 Å². The van der Waals surface area contributed by atoms with Gasteiger partial charge in [0.25, 0.3) is 5.91 Å². The maximum absolute atomic E-state index is 13.1. The Morgan fingerprint density at radius 2 is 1.79 bits per heavy atom. The zero-order valence-electron chi connectivity index (χ0n) is 22.5. The first kappa shape index (κ1) is 26.9. The Kier molecular flexibility index (Phi) is 6.79. The molecule has 210 valence electrons. The van der Waals surface area contributed by atoms with Crippen molar-refractivity contribution in [2.45, 2.75) is 18.7 Å². The van der Waals surface area contributed by atoms with Crippen molar-refractivity contribution in [2.24, 2.45) is 0 Å². The van der Waals surface area contributed by atoms with Crippen molar-refractivity contribution in [1.29, 1.82) is 0 Å². The highest BCUT2D eigenvalue weighted by Gasteiger charge is 2.19. The number of hydrogen-bond donors (Lipinski definition) is 2. The number of carbonyl (C=O) groups is 2. The van der Waals surface area contributed by atoms with Crippen LogP contribution < -0.4 is 10.1 Å². The highest BCUT2D eigenvalue weighted by Crippen LogP contribution is 2.33. The first-order valence-corrected chi connectivity index (χ1v) is 14.7. The Morgan fingerprint density at radius 1 is 0.976 bits per heavy atom. The molecule has 0 saturated heterocycles. The number of nitrogens with one attached hydrogen (secondary N) is 2. The molecular formula is C31H24N4O6S. The molecule has 0 bridgehead atoms. The van der Waals surface area contributed by atoms with Crippen LogP contribution in [0.15, 0.2) is 94.4 Å². The largest absolute Gasteiger partial charge is 0.436 e. The number of nitrogens with zero attached hydrogens (tertiary/aromatic N) is 2. The highest BCUT2D eigenvalue weighted by molar-refractivity contribution is 7.91. The lowest BCUT2D eigenvalue weighted by atomic mass is 10.1. The second-order valence-electron chi connectivity index (χ2n) is 9.55. The van der Waals surface area contributed by atoms with Gasteiger partial charge in [-0.2, -0.15) is 5.10 Å². The van der Waals surface area contributed by atoms with Gasteiger partial charge in [0.2, 0.25) is 5.89 Å². The monoisotopic (exact) mass is 580 g/mol. The summed E-state index contributed by atoms with van der Waals surface area (Å²) in [5.41, 5.74) is 3.73. The first-order valence-electron chi connectivity index (χ1n) is 13.0. The third-order valence-corrected chi connectivity index (χ3v) is 8.43. The Balaban J connectivity index is 1.25. The van der Waals surface area contributed by atoms with Crippen LogP contribution in [0.2, 0.25) is 0 Å². The molecule has 0 unspecified atom stereocenters. The van der Waals surface area contributed by atoms with E-state index in [1.807, 2.05) is 6.07 Å². The first-order chi connectivity index (χ1) is 20.2. The van der Waals surface area contributed by atoms with E-state index in [2.05, 4.69) is 20.5 Å². The van der Waals surface area contributed by atoms with Gasteiger partial charge in [-0.25, -0.2) is 13.4 Å². The van der Waals surface area contributed by atoms with Crippen LogP contribution in [-0.2, 0) is 14.6 Å². The smallest absolute Gasteiger partial charge is 0.308 e. The molecule has 0 atom stereocenters. The molecule has 2 aromatic heterocycles. The molecule has 2 N–H and O–H groups in total. The molecule has 11 heteroatoms. The molecule has 0 aliphatic carbocycles. The van der Waals surface area contributed by atoms with Gasteiger partial charge in [0, 0.05) is 29.9 Å². The minimum atomic E-state index is -3.39. The summed E-state index contributed by atoms with van der Waals surface area (Å²) in [7, 11) is -3.39. The van der Waals surface area contributed by atoms with Gasteiger partial charge in [-0.05, 0) is 65.4 Å². The van der Waals surface area contributed by atoms with E-state index in [1.165, 1.54) is 19.1 Å². The van der Waals surface area contributed by atoms with Gasteiger partial charge in [0.15, 0.2) is 15.4 Å². The van der Waals surface area contributed by atoms with Crippen molar-refractivity contribution < 1.29 is 27.2 Å². The van der Waals surface area contributed by atoms with Crippen LogP contribution in [-0.4, -0.2) is 41.2 Å². The normalized spacial score (nSPS) is 11.6. The quantitative estimate of drug-likeness (QED) is 0.173. The molecule has 0 saturated carbocycles.